The van der Waals surface area contributed by atoms with Crippen LogP contribution in [0.5, 0.6) is 0 Å². The van der Waals surface area contributed by atoms with Crippen LogP contribution in [-0.2, 0) is 0 Å². The van der Waals surface area contributed by atoms with Gasteiger partial charge in [-0.1, -0.05) is 13.8 Å². The van der Waals surface area contributed by atoms with Gasteiger partial charge in [0, 0.05) is 24.0 Å². The van der Waals surface area contributed by atoms with Crippen molar-refractivity contribution in [2.45, 2.75) is 46.6 Å². The quantitative estimate of drug-likeness (QED) is 0.842. The van der Waals surface area contributed by atoms with Crippen molar-refractivity contribution in [3.63, 3.8) is 0 Å². The Kier molecular flexibility index (Phi) is 5.10. The summed E-state index contributed by atoms with van der Waals surface area (Å²) in [7, 11) is 0. The van der Waals surface area contributed by atoms with Crippen LogP contribution in [0.3, 0.4) is 0 Å². The zero-order chi connectivity index (χ0) is 12.9. The molecule has 4 heteroatoms. The zero-order valence-electron chi connectivity index (χ0n) is 11.1. The lowest BCUT2D eigenvalue weighted by molar-refractivity contribution is 0.304. The Balaban J connectivity index is 2.42. The highest BCUT2D eigenvalue weighted by Crippen LogP contribution is 2.23. The van der Waals surface area contributed by atoms with Crippen LogP contribution in [0.1, 0.15) is 50.4 Å². The van der Waals surface area contributed by atoms with Crippen LogP contribution in [0.4, 0.5) is 0 Å². The Hall–Kier alpha value is -0.920. The molecule has 1 heterocycles. The van der Waals surface area contributed by atoms with Crippen molar-refractivity contribution in [2.75, 3.05) is 6.54 Å². The van der Waals surface area contributed by atoms with Crippen LogP contribution in [-0.4, -0.2) is 11.5 Å². The molecule has 0 bridgehead atoms. The van der Waals surface area contributed by atoms with Gasteiger partial charge in [0.05, 0.1) is 12.1 Å². The Labute approximate surface area is 108 Å². The van der Waals surface area contributed by atoms with Gasteiger partial charge in [0.1, 0.15) is 5.01 Å². The van der Waals surface area contributed by atoms with Crippen molar-refractivity contribution in [1.29, 1.82) is 5.26 Å². The average molecular weight is 251 g/mol. The summed E-state index contributed by atoms with van der Waals surface area (Å²) in [4.78, 5) is 4.48. The number of aryl methyl sites for hydroxylation is 1. The number of thiazole rings is 1. The number of nitriles is 1. The van der Waals surface area contributed by atoms with Crippen molar-refractivity contribution >= 4 is 11.3 Å². The minimum absolute atomic E-state index is 0.163. The van der Waals surface area contributed by atoms with Crippen LogP contribution in [0.15, 0.2) is 5.38 Å². The van der Waals surface area contributed by atoms with Crippen LogP contribution in [0.25, 0.3) is 0 Å². The molecule has 0 radical (unpaired) electrons. The first-order chi connectivity index (χ1) is 7.94. The second-order valence-corrected chi connectivity index (χ2v) is 6.14. The molecule has 1 N–H and O–H groups in total. The molecule has 1 rings (SSSR count). The lowest BCUT2D eigenvalue weighted by Gasteiger charge is -2.25. The fraction of sp³-hybridized carbons (Fsp3) is 0.692. The van der Waals surface area contributed by atoms with Gasteiger partial charge in [-0.3, -0.25) is 0 Å². The summed E-state index contributed by atoms with van der Waals surface area (Å²) in [6.07, 6.45) is 1.56. The number of hydrogen-bond acceptors (Lipinski definition) is 4. The molecule has 0 saturated carbocycles. The Morgan fingerprint density at radius 3 is 2.82 bits per heavy atom. The van der Waals surface area contributed by atoms with E-state index < -0.39 is 0 Å². The topological polar surface area (TPSA) is 48.7 Å². The highest BCUT2D eigenvalue weighted by Gasteiger charge is 2.19. The standard InChI is InChI=1S/C13H21N3S/c1-10-8-17-12(16-10)11(2)15-9-13(3,4)6-5-7-14/h8,11,15H,5-6,9H2,1-4H3. The SMILES string of the molecule is Cc1csc(C(C)NCC(C)(C)CCC#N)n1. The van der Waals surface area contributed by atoms with Gasteiger partial charge in [-0.15, -0.1) is 11.3 Å². The van der Waals surface area contributed by atoms with Crippen molar-refractivity contribution in [2.24, 2.45) is 5.41 Å². The second-order valence-electron chi connectivity index (χ2n) is 5.25. The third-order valence-electron chi connectivity index (χ3n) is 2.81. The molecule has 0 saturated heterocycles. The number of aromatic nitrogens is 1. The van der Waals surface area contributed by atoms with Gasteiger partial charge in [0.15, 0.2) is 0 Å². The van der Waals surface area contributed by atoms with Gasteiger partial charge >= 0.3 is 0 Å². The number of rotatable bonds is 6. The number of nitrogens with zero attached hydrogens (tertiary/aromatic N) is 2. The Morgan fingerprint density at radius 1 is 1.59 bits per heavy atom. The summed E-state index contributed by atoms with van der Waals surface area (Å²) in [5.41, 5.74) is 1.25. The largest absolute Gasteiger partial charge is 0.308 e. The third kappa shape index (κ3) is 4.84. The fourth-order valence-electron chi connectivity index (χ4n) is 1.57. The molecule has 1 unspecified atom stereocenters. The van der Waals surface area contributed by atoms with E-state index in [1.807, 2.05) is 6.92 Å². The summed E-state index contributed by atoms with van der Waals surface area (Å²) in [6, 6.07) is 2.50. The minimum Gasteiger partial charge on any atom is -0.308 e. The summed E-state index contributed by atoms with van der Waals surface area (Å²) in [5, 5.41) is 15.3. The van der Waals surface area contributed by atoms with Crippen LogP contribution in [0, 0.1) is 23.7 Å². The third-order valence-corrected chi connectivity index (χ3v) is 3.95. The Bertz CT molecular complexity index is 390. The molecule has 1 aromatic rings. The normalized spacial score (nSPS) is 13.4. The van der Waals surface area contributed by atoms with Gasteiger partial charge in [0.2, 0.25) is 0 Å². The monoisotopic (exact) mass is 251 g/mol. The van der Waals surface area contributed by atoms with E-state index in [9.17, 15) is 0 Å². The number of nitrogens with one attached hydrogen (secondary N) is 1. The molecule has 0 spiro atoms. The van der Waals surface area contributed by atoms with Gasteiger partial charge in [-0.05, 0) is 25.7 Å². The van der Waals surface area contributed by atoms with Crippen LogP contribution < -0.4 is 5.32 Å². The fourth-order valence-corrected chi connectivity index (χ4v) is 2.40. The molecule has 0 fully saturated rings. The summed E-state index contributed by atoms with van der Waals surface area (Å²) in [5.74, 6) is 0. The molecule has 0 aliphatic heterocycles. The predicted molar refractivity (Wildman–Crippen MR) is 71.9 cm³/mol. The van der Waals surface area contributed by atoms with Crippen molar-refractivity contribution in [3.8, 4) is 6.07 Å². The molecule has 0 aliphatic rings. The van der Waals surface area contributed by atoms with E-state index in [0.717, 1.165) is 23.7 Å². The van der Waals surface area contributed by atoms with E-state index in [1.165, 1.54) is 0 Å². The molecule has 0 amide bonds. The van der Waals surface area contributed by atoms with Gasteiger partial charge in [-0.25, -0.2) is 4.98 Å². The molecule has 0 aliphatic carbocycles. The van der Waals surface area contributed by atoms with E-state index in [1.54, 1.807) is 11.3 Å². The maximum Gasteiger partial charge on any atom is 0.110 e. The second kappa shape index (κ2) is 6.13. The smallest absolute Gasteiger partial charge is 0.110 e. The minimum atomic E-state index is 0.163. The van der Waals surface area contributed by atoms with Gasteiger partial charge < -0.3 is 5.32 Å². The van der Waals surface area contributed by atoms with Crippen LogP contribution >= 0.6 is 11.3 Å². The molecule has 94 valence electrons. The lowest BCUT2D eigenvalue weighted by Crippen LogP contribution is -2.31. The maximum absolute atomic E-state index is 8.61. The first-order valence-corrected chi connectivity index (χ1v) is 6.85. The van der Waals surface area contributed by atoms with Crippen molar-refractivity contribution in [3.05, 3.63) is 16.1 Å². The lowest BCUT2D eigenvalue weighted by atomic mass is 9.88. The molecule has 0 aromatic carbocycles. The predicted octanol–water partition coefficient (Wildman–Crippen LogP) is 3.43. The van der Waals surface area contributed by atoms with Crippen molar-refractivity contribution in [1.82, 2.24) is 10.3 Å². The first-order valence-electron chi connectivity index (χ1n) is 5.97. The molecule has 17 heavy (non-hydrogen) atoms. The summed E-state index contributed by atoms with van der Waals surface area (Å²) >= 11 is 1.70. The van der Waals surface area contributed by atoms with E-state index in [2.05, 4.69) is 42.5 Å². The van der Waals surface area contributed by atoms with E-state index >= 15 is 0 Å². The molecule has 1 aromatic heterocycles. The average Bonchev–Trinajstić information content (AvgIpc) is 2.70. The molecule has 1 atom stereocenters. The highest BCUT2D eigenvalue weighted by molar-refractivity contribution is 7.09. The van der Waals surface area contributed by atoms with Gasteiger partial charge in [-0.2, -0.15) is 5.26 Å². The van der Waals surface area contributed by atoms with E-state index in [-0.39, 0.29) is 11.5 Å². The van der Waals surface area contributed by atoms with Crippen LogP contribution in [0.2, 0.25) is 0 Å². The van der Waals surface area contributed by atoms with Gasteiger partial charge in [0.25, 0.3) is 0 Å². The summed E-state index contributed by atoms with van der Waals surface area (Å²) < 4.78 is 0. The van der Waals surface area contributed by atoms with Crippen molar-refractivity contribution < 1.29 is 0 Å². The zero-order valence-corrected chi connectivity index (χ0v) is 11.9. The molecular formula is C13H21N3S. The van der Waals surface area contributed by atoms with E-state index in [4.69, 9.17) is 5.26 Å². The highest BCUT2D eigenvalue weighted by atomic mass is 32.1. The Morgan fingerprint density at radius 2 is 2.29 bits per heavy atom. The molecular weight excluding hydrogens is 230 g/mol. The van der Waals surface area contributed by atoms with E-state index in [0.29, 0.717) is 6.42 Å². The first kappa shape index (κ1) is 14.1. The number of hydrogen-bond donors (Lipinski definition) is 1. The molecule has 3 nitrogen and oxygen atoms in total. The maximum atomic E-state index is 8.61. The summed E-state index contributed by atoms with van der Waals surface area (Å²) in [6.45, 7) is 9.45.